The Labute approximate surface area is 109 Å². The molecule has 0 bridgehead atoms. The van der Waals surface area contributed by atoms with Crippen LogP contribution >= 0.6 is 0 Å². The van der Waals surface area contributed by atoms with Gasteiger partial charge in [-0.2, -0.15) is 5.10 Å². The van der Waals surface area contributed by atoms with E-state index in [1.165, 1.54) is 4.68 Å². The van der Waals surface area contributed by atoms with Gasteiger partial charge in [0.2, 0.25) is 11.8 Å². The minimum atomic E-state index is -0.503. The highest BCUT2D eigenvalue weighted by atomic mass is 16.5. The zero-order valence-electron chi connectivity index (χ0n) is 10.6. The molecule has 6 nitrogen and oxygen atoms in total. The second-order valence-electron chi connectivity index (χ2n) is 4.04. The number of benzene rings is 1. The lowest BCUT2D eigenvalue weighted by atomic mass is 10.2. The maximum absolute atomic E-state index is 11.0. The third-order valence-electron chi connectivity index (χ3n) is 2.69. The average Bonchev–Trinajstić information content (AvgIpc) is 2.64. The Balaban J connectivity index is 2.31. The quantitative estimate of drug-likeness (QED) is 0.841. The molecular formula is C13H13N3O3. The molecule has 98 valence electrons. The third kappa shape index (κ3) is 2.47. The van der Waals surface area contributed by atoms with Gasteiger partial charge in [0.25, 0.3) is 0 Å². The Bertz CT molecular complexity index is 629. The largest absolute Gasteiger partial charge is 0.439 e. The topological polar surface area (TPSA) is 87.2 Å². The van der Waals surface area contributed by atoms with Gasteiger partial charge in [-0.25, -0.2) is 4.68 Å². The first kappa shape index (κ1) is 12.8. The van der Waals surface area contributed by atoms with Crippen LogP contribution in [0.5, 0.6) is 11.6 Å². The normalized spacial score (nSPS) is 10.2. The second kappa shape index (κ2) is 4.93. The first-order valence-corrected chi connectivity index (χ1v) is 5.59. The summed E-state index contributed by atoms with van der Waals surface area (Å²) >= 11 is 0. The Morgan fingerprint density at radius 3 is 2.53 bits per heavy atom. The van der Waals surface area contributed by atoms with Crippen LogP contribution in [0.2, 0.25) is 0 Å². The number of nitrogens with zero attached hydrogens (tertiary/aromatic N) is 2. The van der Waals surface area contributed by atoms with E-state index in [0.717, 1.165) is 0 Å². The highest BCUT2D eigenvalue weighted by Crippen LogP contribution is 2.25. The van der Waals surface area contributed by atoms with Crippen molar-refractivity contribution in [3.8, 4) is 11.6 Å². The number of primary amides is 1. The van der Waals surface area contributed by atoms with E-state index in [1.54, 1.807) is 38.2 Å². The van der Waals surface area contributed by atoms with Gasteiger partial charge in [-0.3, -0.25) is 9.59 Å². The van der Waals surface area contributed by atoms with Crippen LogP contribution in [-0.2, 0) is 7.05 Å². The van der Waals surface area contributed by atoms with E-state index in [2.05, 4.69) is 5.10 Å². The van der Waals surface area contributed by atoms with Crippen molar-refractivity contribution in [2.75, 3.05) is 0 Å². The fourth-order valence-corrected chi connectivity index (χ4v) is 1.71. The van der Waals surface area contributed by atoms with E-state index < -0.39 is 5.91 Å². The molecule has 0 fully saturated rings. The molecule has 0 saturated heterocycles. The summed E-state index contributed by atoms with van der Waals surface area (Å²) in [5, 5.41) is 4.11. The highest BCUT2D eigenvalue weighted by molar-refractivity contribution is 5.92. The van der Waals surface area contributed by atoms with Crippen molar-refractivity contribution >= 4 is 12.2 Å². The van der Waals surface area contributed by atoms with Gasteiger partial charge in [-0.05, 0) is 31.2 Å². The molecule has 2 N–H and O–H groups in total. The molecule has 0 radical (unpaired) electrons. The standard InChI is InChI=1S/C13H13N3O3/c1-8-11(7-17)13(16(2)15-8)19-10-5-3-9(4-6-10)12(14)18/h3-7H,1-2H3,(H2,14,18). The Hall–Kier alpha value is -2.63. The van der Waals surface area contributed by atoms with Gasteiger partial charge >= 0.3 is 0 Å². The number of carbonyl (C=O) groups excluding carboxylic acids is 2. The summed E-state index contributed by atoms with van der Waals surface area (Å²) in [5.74, 6) is 0.354. The molecule has 0 aliphatic heterocycles. The molecule has 0 atom stereocenters. The van der Waals surface area contributed by atoms with Crippen molar-refractivity contribution in [2.24, 2.45) is 12.8 Å². The number of aldehydes is 1. The van der Waals surface area contributed by atoms with Crippen LogP contribution in [0.25, 0.3) is 0 Å². The number of rotatable bonds is 4. The molecule has 1 heterocycles. The van der Waals surface area contributed by atoms with Crippen LogP contribution < -0.4 is 10.5 Å². The van der Waals surface area contributed by atoms with Gasteiger partial charge in [0, 0.05) is 12.6 Å². The maximum atomic E-state index is 11.0. The molecular weight excluding hydrogens is 246 g/mol. The number of aryl methyl sites for hydroxylation is 2. The summed E-state index contributed by atoms with van der Waals surface area (Å²) < 4.78 is 7.09. The molecule has 0 spiro atoms. The van der Waals surface area contributed by atoms with Crippen LogP contribution in [0, 0.1) is 6.92 Å². The van der Waals surface area contributed by atoms with Crippen molar-refractivity contribution in [1.29, 1.82) is 0 Å². The SMILES string of the molecule is Cc1nn(C)c(Oc2ccc(C(N)=O)cc2)c1C=O. The fraction of sp³-hybridized carbons (Fsp3) is 0.154. The molecule has 2 aromatic rings. The fourth-order valence-electron chi connectivity index (χ4n) is 1.71. The third-order valence-corrected chi connectivity index (χ3v) is 2.69. The first-order chi connectivity index (χ1) is 9.02. The maximum Gasteiger partial charge on any atom is 0.248 e. The van der Waals surface area contributed by atoms with E-state index in [1.807, 2.05) is 0 Å². The number of aromatic nitrogens is 2. The molecule has 0 unspecified atom stereocenters. The summed E-state index contributed by atoms with van der Waals surface area (Å²) in [6.07, 6.45) is 0.704. The van der Waals surface area contributed by atoms with Crippen LogP contribution in [0.4, 0.5) is 0 Å². The average molecular weight is 259 g/mol. The molecule has 2 rings (SSSR count). The van der Waals surface area contributed by atoms with E-state index in [4.69, 9.17) is 10.5 Å². The lowest BCUT2D eigenvalue weighted by Crippen LogP contribution is -2.10. The predicted octanol–water partition coefficient (Wildman–Crippen LogP) is 1.43. The van der Waals surface area contributed by atoms with E-state index in [9.17, 15) is 9.59 Å². The number of amides is 1. The van der Waals surface area contributed by atoms with Crippen molar-refractivity contribution in [1.82, 2.24) is 9.78 Å². The molecule has 1 aromatic heterocycles. The lowest BCUT2D eigenvalue weighted by Gasteiger charge is -2.06. The summed E-state index contributed by atoms with van der Waals surface area (Å²) in [5.41, 5.74) is 6.54. The van der Waals surface area contributed by atoms with Crippen LogP contribution in [0.15, 0.2) is 24.3 Å². The Morgan fingerprint density at radius 2 is 2.00 bits per heavy atom. The van der Waals surface area contributed by atoms with E-state index in [0.29, 0.717) is 34.7 Å². The Kier molecular flexibility index (Phi) is 3.33. The van der Waals surface area contributed by atoms with Gasteiger partial charge in [0.15, 0.2) is 6.29 Å². The summed E-state index contributed by atoms with van der Waals surface area (Å²) in [4.78, 5) is 21.9. The van der Waals surface area contributed by atoms with Crippen LogP contribution in [0.3, 0.4) is 0 Å². The monoisotopic (exact) mass is 259 g/mol. The number of hydrogen-bond acceptors (Lipinski definition) is 4. The van der Waals surface area contributed by atoms with Crippen LogP contribution in [-0.4, -0.2) is 22.0 Å². The van der Waals surface area contributed by atoms with E-state index in [-0.39, 0.29) is 0 Å². The number of ether oxygens (including phenoxy) is 1. The predicted molar refractivity (Wildman–Crippen MR) is 68.4 cm³/mol. The molecule has 1 aromatic carbocycles. The number of hydrogen-bond donors (Lipinski definition) is 1. The van der Waals surface area contributed by atoms with Gasteiger partial charge < -0.3 is 10.5 Å². The zero-order chi connectivity index (χ0) is 14.0. The van der Waals surface area contributed by atoms with E-state index >= 15 is 0 Å². The minimum absolute atomic E-state index is 0.360. The number of carbonyl (C=O) groups is 2. The zero-order valence-corrected chi connectivity index (χ0v) is 10.6. The van der Waals surface area contributed by atoms with Gasteiger partial charge in [-0.1, -0.05) is 0 Å². The van der Waals surface area contributed by atoms with Crippen molar-refractivity contribution in [3.05, 3.63) is 41.1 Å². The van der Waals surface area contributed by atoms with Crippen molar-refractivity contribution in [3.63, 3.8) is 0 Å². The molecule has 0 aliphatic rings. The summed E-state index contributed by atoms with van der Waals surface area (Å²) in [7, 11) is 1.69. The first-order valence-electron chi connectivity index (χ1n) is 5.59. The summed E-state index contributed by atoms with van der Waals surface area (Å²) in [6.45, 7) is 1.73. The van der Waals surface area contributed by atoms with Crippen molar-refractivity contribution in [2.45, 2.75) is 6.92 Å². The van der Waals surface area contributed by atoms with Gasteiger partial charge in [-0.15, -0.1) is 0 Å². The molecule has 19 heavy (non-hydrogen) atoms. The molecule has 0 saturated carbocycles. The van der Waals surface area contributed by atoms with Gasteiger partial charge in [0.1, 0.15) is 5.75 Å². The smallest absolute Gasteiger partial charge is 0.248 e. The highest BCUT2D eigenvalue weighted by Gasteiger charge is 2.14. The summed E-state index contributed by atoms with van der Waals surface area (Å²) in [6, 6.07) is 6.33. The minimum Gasteiger partial charge on any atom is -0.439 e. The lowest BCUT2D eigenvalue weighted by molar-refractivity contribution is 0.1000. The van der Waals surface area contributed by atoms with Gasteiger partial charge in [0.05, 0.1) is 11.3 Å². The molecule has 0 aliphatic carbocycles. The Morgan fingerprint density at radius 1 is 1.37 bits per heavy atom. The molecule has 1 amide bonds. The number of nitrogens with two attached hydrogens (primary N) is 1. The van der Waals surface area contributed by atoms with Crippen molar-refractivity contribution < 1.29 is 14.3 Å². The molecule has 6 heteroatoms. The second-order valence-corrected chi connectivity index (χ2v) is 4.04. The van der Waals surface area contributed by atoms with Crippen LogP contribution in [0.1, 0.15) is 26.4 Å².